The lowest BCUT2D eigenvalue weighted by Crippen LogP contribution is -2.62. The van der Waals surface area contributed by atoms with Crippen molar-refractivity contribution in [2.75, 3.05) is 32.8 Å². The van der Waals surface area contributed by atoms with Gasteiger partial charge in [-0.05, 0) is 74.2 Å². The van der Waals surface area contributed by atoms with Gasteiger partial charge < -0.3 is 5.11 Å². The van der Waals surface area contributed by atoms with E-state index in [0.29, 0.717) is 12.6 Å². The molecular formula is C24H36N2O. The molecule has 3 nitrogen and oxygen atoms in total. The molecule has 5 aliphatic rings. The van der Waals surface area contributed by atoms with Crippen molar-refractivity contribution in [2.45, 2.75) is 57.0 Å². The van der Waals surface area contributed by atoms with Gasteiger partial charge in [-0.25, -0.2) is 0 Å². The molecule has 0 radical (unpaired) electrons. The van der Waals surface area contributed by atoms with Crippen LogP contribution in [0, 0.1) is 23.7 Å². The highest BCUT2D eigenvalue weighted by Crippen LogP contribution is 2.55. The van der Waals surface area contributed by atoms with Crippen LogP contribution >= 0.6 is 0 Å². The SMILES string of the molecule is OCC[C@H]1CN(C2C3CC4CC(C3)CC2C4)CCN1CCc1ccccc1. The van der Waals surface area contributed by atoms with E-state index >= 15 is 0 Å². The largest absolute Gasteiger partial charge is 0.396 e. The maximum Gasteiger partial charge on any atom is 0.0446 e. The van der Waals surface area contributed by atoms with E-state index in [1.807, 2.05) is 0 Å². The van der Waals surface area contributed by atoms with E-state index in [9.17, 15) is 5.11 Å². The summed E-state index contributed by atoms with van der Waals surface area (Å²) in [4.78, 5) is 5.53. The third kappa shape index (κ3) is 3.71. The molecule has 0 spiro atoms. The number of benzene rings is 1. The minimum absolute atomic E-state index is 0.321. The fourth-order valence-corrected chi connectivity index (χ4v) is 7.32. The van der Waals surface area contributed by atoms with Gasteiger partial charge in [-0.2, -0.15) is 0 Å². The Morgan fingerprint density at radius 3 is 2.26 bits per heavy atom. The molecule has 6 rings (SSSR count). The molecule has 148 valence electrons. The van der Waals surface area contributed by atoms with E-state index in [4.69, 9.17) is 0 Å². The monoisotopic (exact) mass is 368 g/mol. The lowest BCUT2D eigenvalue weighted by atomic mass is 9.53. The van der Waals surface area contributed by atoms with Gasteiger partial charge in [0.25, 0.3) is 0 Å². The molecule has 4 aliphatic carbocycles. The van der Waals surface area contributed by atoms with Gasteiger partial charge in [-0.15, -0.1) is 0 Å². The predicted molar refractivity (Wildman–Crippen MR) is 110 cm³/mol. The first-order valence-electron chi connectivity index (χ1n) is 11.4. The van der Waals surface area contributed by atoms with Crippen LogP contribution in [0.4, 0.5) is 0 Å². The standard InChI is InChI=1S/C24H36N2O/c27-11-7-23-17-26(10-9-25(23)8-6-18-4-2-1-3-5-18)24-21-13-19-12-20(15-21)16-22(24)14-19/h1-5,19-24,27H,6-17H2/t19?,20?,21?,22?,23-,24?/m0/s1. The highest BCUT2D eigenvalue weighted by Gasteiger charge is 2.50. The number of hydrogen-bond acceptors (Lipinski definition) is 3. The van der Waals surface area contributed by atoms with E-state index in [-0.39, 0.29) is 0 Å². The molecule has 0 amide bonds. The molecule has 1 heterocycles. The van der Waals surface area contributed by atoms with Gasteiger partial charge in [-0.1, -0.05) is 30.3 Å². The van der Waals surface area contributed by atoms with Crippen LogP contribution in [0.5, 0.6) is 0 Å². The van der Waals surface area contributed by atoms with Crippen LogP contribution in [0.3, 0.4) is 0 Å². The second-order valence-corrected chi connectivity index (χ2v) is 9.85. The molecule has 1 saturated heterocycles. The lowest BCUT2D eigenvalue weighted by Gasteiger charge is -2.59. The molecule has 5 fully saturated rings. The van der Waals surface area contributed by atoms with E-state index in [1.165, 1.54) is 50.9 Å². The maximum atomic E-state index is 9.67. The summed E-state index contributed by atoms with van der Waals surface area (Å²) in [5.41, 5.74) is 1.43. The Morgan fingerprint density at radius 2 is 1.59 bits per heavy atom. The van der Waals surface area contributed by atoms with Gasteiger partial charge in [0, 0.05) is 44.9 Å². The van der Waals surface area contributed by atoms with Crippen LogP contribution in [0.2, 0.25) is 0 Å². The molecule has 0 aromatic heterocycles. The van der Waals surface area contributed by atoms with Gasteiger partial charge in [-0.3, -0.25) is 9.80 Å². The molecule has 27 heavy (non-hydrogen) atoms. The molecular weight excluding hydrogens is 332 g/mol. The second kappa shape index (κ2) is 7.85. The maximum absolute atomic E-state index is 9.67. The van der Waals surface area contributed by atoms with Crippen molar-refractivity contribution in [1.82, 2.24) is 9.80 Å². The van der Waals surface area contributed by atoms with Crippen LogP contribution in [-0.4, -0.2) is 59.8 Å². The minimum Gasteiger partial charge on any atom is -0.396 e. The first-order chi connectivity index (χ1) is 13.3. The van der Waals surface area contributed by atoms with E-state index < -0.39 is 0 Å². The van der Waals surface area contributed by atoms with E-state index in [0.717, 1.165) is 49.1 Å². The van der Waals surface area contributed by atoms with Crippen molar-refractivity contribution in [1.29, 1.82) is 0 Å². The summed E-state index contributed by atoms with van der Waals surface area (Å²) in [5.74, 6) is 4.08. The summed E-state index contributed by atoms with van der Waals surface area (Å²) in [7, 11) is 0. The zero-order valence-electron chi connectivity index (χ0n) is 16.7. The first-order valence-corrected chi connectivity index (χ1v) is 11.4. The smallest absolute Gasteiger partial charge is 0.0446 e. The Labute approximate surface area is 164 Å². The predicted octanol–water partition coefficient (Wildman–Crippen LogP) is 3.42. The zero-order chi connectivity index (χ0) is 18.2. The van der Waals surface area contributed by atoms with Gasteiger partial charge in [0.2, 0.25) is 0 Å². The van der Waals surface area contributed by atoms with Crippen LogP contribution in [0.1, 0.15) is 44.1 Å². The number of nitrogens with zero attached hydrogens (tertiary/aromatic N) is 2. The molecule has 3 heteroatoms. The number of aliphatic hydroxyl groups excluding tert-OH is 1. The Kier molecular flexibility index (Phi) is 5.28. The fourth-order valence-electron chi connectivity index (χ4n) is 7.32. The average Bonchev–Trinajstić information content (AvgIpc) is 2.67. The zero-order valence-corrected chi connectivity index (χ0v) is 16.7. The molecule has 1 aromatic rings. The Hall–Kier alpha value is -0.900. The van der Waals surface area contributed by atoms with E-state index in [1.54, 1.807) is 6.42 Å². The molecule has 1 aliphatic heterocycles. The van der Waals surface area contributed by atoms with Gasteiger partial charge in [0.05, 0.1) is 0 Å². The van der Waals surface area contributed by atoms with Crippen LogP contribution in [0.25, 0.3) is 0 Å². The Bertz CT molecular complexity index is 590. The summed E-state index contributed by atoms with van der Waals surface area (Å²) >= 11 is 0. The summed E-state index contributed by atoms with van der Waals surface area (Å²) in [6.07, 6.45) is 9.64. The number of rotatable bonds is 6. The highest BCUT2D eigenvalue weighted by atomic mass is 16.3. The van der Waals surface area contributed by atoms with Gasteiger partial charge in [0.15, 0.2) is 0 Å². The van der Waals surface area contributed by atoms with Crippen molar-refractivity contribution in [3.8, 4) is 0 Å². The molecule has 4 bridgehead atoms. The summed E-state index contributed by atoms with van der Waals surface area (Å²) in [5, 5.41) is 9.67. The second-order valence-electron chi connectivity index (χ2n) is 9.85. The van der Waals surface area contributed by atoms with Gasteiger partial charge in [0.1, 0.15) is 0 Å². The van der Waals surface area contributed by atoms with Crippen molar-refractivity contribution in [2.24, 2.45) is 23.7 Å². The molecule has 1 N–H and O–H groups in total. The molecule has 1 aromatic carbocycles. The third-order valence-electron chi connectivity index (χ3n) is 8.23. The molecule has 4 saturated carbocycles. The normalized spacial score (nSPS) is 39.1. The highest BCUT2D eigenvalue weighted by molar-refractivity contribution is 5.15. The lowest BCUT2D eigenvalue weighted by molar-refractivity contribution is -0.0865. The first kappa shape index (κ1) is 18.1. The van der Waals surface area contributed by atoms with Gasteiger partial charge >= 0.3 is 0 Å². The fraction of sp³-hybridized carbons (Fsp3) is 0.750. The van der Waals surface area contributed by atoms with Crippen LogP contribution in [-0.2, 0) is 6.42 Å². The number of hydrogen-bond donors (Lipinski definition) is 1. The van der Waals surface area contributed by atoms with Crippen molar-refractivity contribution < 1.29 is 5.11 Å². The molecule has 1 atom stereocenters. The quantitative estimate of drug-likeness (QED) is 0.833. The van der Waals surface area contributed by atoms with E-state index in [2.05, 4.69) is 40.1 Å². The van der Waals surface area contributed by atoms with Crippen LogP contribution < -0.4 is 0 Å². The summed E-state index contributed by atoms with van der Waals surface area (Å²) in [6.45, 7) is 5.05. The molecule has 0 unspecified atom stereocenters. The van der Waals surface area contributed by atoms with Crippen molar-refractivity contribution >= 4 is 0 Å². The Balaban J connectivity index is 1.23. The summed E-state index contributed by atoms with van der Waals surface area (Å²) in [6, 6.07) is 12.3. The Morgan fingerprint density at radius 1 is 0.889 bits per heavy atom. The van der Waals surface area contributed by atoms with Crippen LogP contribution in [0.15, 0.2) is 30.3 Å². The van der Waals surface area contributed by atoms with Crippen molar-refractivity contribution in [3.63, 3.8) is 0 Å². The average molecular weight is 369 g/mol. The number of piperazine rings is 1. The topological polar surface area (TPSA) is 26.7 Å². The van der Waals surface area contributed by atoms with Crippen molar-refractivity contribution in [3.05, 3.63) is 35.9 Å². The summed E-state index contributed by atoms with van der Waals surface area (Å²) < 4.78 is 0. The third-order valence-corrected chi connectivity index (χ3v) is 8.23. The number of aliphatic hydroxyl groups is 1. The minimum atomic E-state index is 0.321.